The van der Waals surface area contributed by atoms with Gasteiger partial charge in [0.25, 0.3) is 0 Å². The van der Waals surface area contributed by atoms with Gasteiger partial charge in [0.2, 0.25) is 0 Å². The number of carbonyl (C=O) groups excluding carboxylic acids is 1. The molecule has 2 spiro atoms. The first-order valence-electron chi connectivity index (χ1n) is 17.9. The SMILES string of the molecule is CO[C@H]1CC2C3(CC[C@]4(C)[C@@H]([C@@]5(C)CC[C@@H](C(C)(C)O)O5)[C@@H](O)C[C@@]24C)CC32CC[C@H](OC(=O)[C@H](C(C)C)N(C)Cl)C(C)(C)[C@H]12. The van der Waals surface area contributed by atoms with Crippen LogP contribution in [0.1, 0.15) is 120 Å². The van der Waals surface area contributed by atoms with Gasteiger partial charge in [0, 0.05) is 25.5 Å². The van der Waals surface area contributed by atoms with Gasteiger partial charge < -0.3 is 24.4 Å². The summed E-state index contributed by atoms with van der Waals surface area (Å²) in [6.45, 7) is 19.5. The van der Waals surface area contributed by atoms with E-state index < -0.39 is 23.3 Å². The molecule has 8 heteroatoms. The van der Waals surface area contributed by atoms with Crippen molar-refractivity contribution in [2.24, 2.45) is 50.7 Å². The molecular weight excluding hydrogens is 590 g/mol. The second kappa shape index (κ2) is 10.5. The zero-order valence-electron chi connectivity index (χ0n) is 29.9. The molecule has 45 heavy (non-hydrogen) atoms. The molecule has 3 unspecified atom stereocenters. The zero-order valence-corrected chi connectivity index (χ0v) is 30.7. The molecule has 6 rings (SSSR count). The number of rotatable bonds is 7. The third kappa shape index (κ3) is 4.55. The summed E-state index contributed by atoms with van der Waals surface area (Å²) in [5, 5.41) is 22.8. The highest BCUT2D eigenvalue weighted by Crippen LogP contribution is 2.89. The lowest BCUT2D eigenvalue weighted by Gasteiger charge is -2.65. The summed E-state index contributed by atoms with van der Waals surface area (Å²) < 4.78 is 21.1. The summed E-state index contributed by atoms with van der Waals surface area (Å²) in [5.41, 5.74) is -1.35. The summed E-state index contributed by atoms with van der Waals surface area (Å²) >= 11 is 6.32. The number of hydrogen-bond donors (Lipinski definition) is 2. The molecule has 7 nitrogen and oxygen atoms in total. The monoisotopic (exact) mass is 651 g/mol. The van der Waals surface area contributed by atoms with Crippen LogP contribution in [0, 0.1) is 50.7 Å². The Hall–Kier alpha value is -0.440. The molecule has 5 aliphatic carbocycles. The van der Waals surface area contributed by atoms with Gasteiger partial charge in [-0.25, -0.2) is 4.42 Å². The Balaban J connectivity index is 1.30. The molecular formula is C37H62ClNO6. The summed E-state index contributed by atoms with van der Waals surface area (Å²) in [7, 11) is 3.61. The van der Waals surface area contributed by atoms with Crippen molar-refractivity contribution in [3.8, 4) is 0 Å². The second-order valence-electron chi connectivity index (χ2n) is 18.7. The van der Waals surface area contributed by atoms with Crippen LogP contribution in [-0.4, -0.2) is 76.4 Å². The maximum absolute atomic E-state index is 13.5. The van der Waals surface area contributed by atoms with Gasteiger partial charge in [0.15, 0.2) is 0 Å². The van der Waals surface area contributed by atoms with Gasteiger partial charge in [0.1, 0.15) is 12.1 Å². The molecule has 1 aliphatic heterocycles. The number of hydrogen-bond acceptors (Lipinski definition) is 7. The summed E-state index contributed by atoms with van der Waals surface area (Å²) in [4.78, 5) is 13.5. The van der Waals surface area contributed by atoms with Crippen molar-refractivity contribution < 1.29 is 29.2 Å². The Morgan fingerprint density at radius 3 is 2.22 bits per heavy atom. The third-order valence-corrected chi connectivity index (χ3v) is 15.7. The van der Waals surface area contributed by atoms with Gasteiger partial charge in [-0.05, 0) is 130 Å². The van der Waals surface area contributed by atoms with Crippen molar-refractivity contribution in [3.05, 3.63) is 0 Å². The quantitative estimate of drug-likeness (QED) is 0.233. The van der Waals surface area contributed by atoms with Gasteiger partial charge in [-0.15, -0.1) is 0 Å². The van der Waals surface area contributed by atoms with E-state index >= 15 is 0 Å². The van der Waals surface area contributed by atoms with Crippen LogP contribution in [0.25, 0.3) is 0 Å². The Morgan fingerprint density at radius 2 is 1.67 bits per heavy atom. The molecule has 0 radical (unpaired) electrons. The number of nitrogens with zero attached hydrogens (tertiary/aromatic N) is 1. The zero-order chi connectivity index (χ0) is 33.3. The Kier molecular flexibility index (Phi) is 8.06. The van der Waals surface area contributed by atoms with Gasteiger partial charge in [-0.3, -0.25) is 4.79 Å². The van der Waals surface area contributed by atoms with E-state index in [0.717, 1.165) is 51.4 Å². The predicted molar refractivity (Wildman–Crippen MR) is 175 cm³/mol. The molecule has 0 bridgehead atoms. The number of aliphatic hydroxyl groups excluding tert-OH is 1. The number of carbonyl (C=O) groups is 1. The molecule has 1 saturated heterocycles. The molecule has 6 fully saturated rings. The highest BCUT2D eigenvalue weighted by Gasteiger charge is 2.85. The van der Waals surface area contributed by atoms with Crippen molar-refractivity contribution in [1.82, 2.24) is 4.42 Å². The molecule has 13 atom stereocenters. The average molecular weight is 652 g/mol. The van der Waals surface area contributed by atoms with E-state index in [1.807, 2.05) is 34.8 Å². The normalized spacial score (nSPS) is 50.9. The van der Waals surface area contributed by atoms with E-state index in [1.165, 1.54) is 10.8 Å². The van der Waals surface area contributed by atoms with Crippen LogP contribution in [-0.2, 0) is 19.0 Å². The molecule has 0 amide bonds. The Bertz CT molecular complexity index is 1180. The molecule has 2 N–H and O–H groups in total. The number of likely N-dealkylation sites (N-methyl/N-ethyl adjacent to an activating group) is 1. The van der Waals surface area contributed by atoms with E-state index in [0.29, 0.717) is 11.8 Å². The highest BCUT2D eigenvalue weighted by atomic mass is 35.5. The molecule has 5 saturated carbocycles. The predicted octanol–water partition coefficient (Wildman–Crippen LogP) is 6.75. The van der Waals surface area contributed by atoms with Gasteiger partial charge >= 0.3 is 5.97 Å². The van der Waals surface area contributed by atoms with Crippen LogP contribution in [0.2, 0.25) is 0 Å². The highest BCUT2D eigenvalue weighted by molar-refractivity contribution is 6.14. The number of halogens is 1. The van der Waals surface area contributed by atoms with Crippen molar-refractivity contribution in [2.45, 2.75) is 162 Å². The van der Waals surface area contributed by atoms with E-state index in [2.05, 4.69) is 34.6 Å². The lowest BCUT2D eigenvalue weighted by molar-refractivity contribution is -0.222. The van der Waals surface area contributed by atoms with E-state index in [1.54, 1.807) is 7.05 Å². The number of methoxy groups -OCH3 is 1. The standard InChI is InChI=1S/C37H62ClNO6/c1-21(2)27(39(10)38)30(41)44-25-13-15-37-20-36(37)17-16-33(7)28(35(9)14-12-26(45-35)32(5,6)42)22(40)19-34(33,8)24(36)18-23(43-11)29(37)31(25,3)4/h21-29,40,42H,12-20H2,1-11H3/t22-,23-,24?,25-,26-,27-,28-,29-,33+,34-,35+,36?,37?/m0/s1. The number of aliphatic hydroxyl groups is 2. The first-order chi connectivity index (χ1) is 20.6. The van der Waals surface area contributed by atoms with Crippen LogP contribution in [0.5, 0.6) is 0 Å². The topological polar surface area (TPSA) is 88.5 Å². The van der Waals surface area contributed by atoms with Crippen molar-refractivity contribution in [3.63, 3.8) is 0 Å². The molecule has 1 heterocycles. The van der Waals surface area contributed by atoms with Gasteiger partial charge in [0.05, 0.1) is 29.5 Å². The van der Waals surface area contributed by atoms with Crippen LogP contribution in [0.4, 0.5) is 0 Å². The largest absolute Gasteiger partial charge is 0.461 e. The fourth-order valence-corrected chi connectivity index (χ4v) is 13.9. The van der Waals surface area contributed by atoms with Gasteiger partial charge in [-0.1, -0.05) is 41.5 Å². The Labute approximate surface area is 277 Å². The molecule has 258 valence electrons. The second-order valence-corrected chi connectivity index (χ2v) is 19.3. The van der Waals surface area contributed by atoms with E-state index in [-0.39, 0.29) is 63.2 Å². The maximum Gasteiger partial charge on any atom is 0.325 e. The first kappa shape index (κ1) is 34.4. The lowest BCUT2D eigenvalue weighted by Crippen LogP contribution is -2.63. The number of esters is 1. The van der Waals surface area contributed by atoms with Crippen molar-refractivity contribution >= 4 is 17.7 Å². The third-order valence-electron chi connectivity index (χ3n) is 15.5. The minimum atomic E-state index is -0.901. The molecule has 6 aliphatic rings. The van der Waals surface area contributed by atoms with Crippen LogP contribution in [0.3, 0.4) is 0 Å². The van der Waals surface area contributed by atoms with E-state index in [9.17, 15) is 15.0 Å². The molecule has 0 aromatic carbocycles. The molecule has 0 aromatic rings. The Morgan fingerprint density at radius 1 is 1.00 bits per heavy atom. The fourth-order valence-electron chi connectivity index (χ4n) is 13.6. The number of fused-ring (bicyclic) bond motifs is 2. The first-order valence-corrected chi connectivity index (χ1v) is 18.2. The smallest absolute Gasteiger partial charge is 0.325 e. The van der Waals surface area contributed by atoms with Crippen LogP contribution < -0.4 is 0 Å². The van der Waals surface area contributed by atoms with E-state index in [4.69, 9.17) is 26.0 Å². The summed E-state index contributed by atoms with van der Waals surface area (Å²) in [5.74, 6) is 0.583. The van der Waals surface area contributed by atoms with Gasteiger partial charge in [-0.2, -0.15) is 0 Å². The minimum absolute atomic E-state index is 0.0219. The minimum Gasteiger partial charge on any atom is -0.461 e. The van der Waals surface area contributed by atoms with Crippen molar-refractivity contribution in [1.29, 1.82) is 0 Å². The van der Waals surface area contributed by atoms with Crippen LogP contribution >= 0.6 is 11.8 Å². The summed E-state index contributed by atoms with van der Waals surface area (Å²) in [6.07, 6.45) is 8.03. The fraction of sp³-hybridized carbons (Fsp3) is 0.973. The molecule has 0 aromatic heterocycles. The van der Waals surface area contributed by atoms with Crippen LogP contribution in [0.15, 0.2) is 0 Å². The lowest BCUT2D eigenvalue weighted by atomic mass is 9.41. The maximum atomic E-state index is 13.5. The average Bonchev–Trinajstić information content (AvgIpc) is 3.27. The summed E-state index contributed by atoms with van der Waals surface area (Å²) in [6, 6.07) is -0.485. The number of ether oxygens (including phenoxy) is 3. The van der Waals surface area contributed by atoms with Crippen molar-refractivity contribution in [2.75, 3.05) is 14.2 Å².